The lowest BCUT2D eigenvalue weighted by Crippen LogP contribution is -2.18. The monoisotopic (exact) mass is 225 g/mol. The van der Waals surface area contributed by atoms with Crippen molar-refractivity contribution in [2.45, 2.75) is 0 Å². The van der Waals surface area contributed by atoms with Crippen LogP contribution in [0.25, 0.3) is 0 Å². The number of rotatable bonds is 5. The number of hydrogen-bond donors (Lipinski definition) is 0. The molecule has 0 aliphatic rings. The lowest BCUT2D eigenvalue weighted by Gasteiger charge is -2.14. The summed E-state index contributed by atoms with van der Waals surface area (Å²) in [5.74, 6) is -0.437. The van der Waals surface area contributed by atoms with Crippen LogP contribution in [0.2, 0.25) is 0 Å². The second kappa shape index (κ2) is 6.09. The molecule has 1 aromatic rings. The second-order valence-corrected chi connectivity index (χ2v) is 3.20. The largest absolute Gasteiger partial charge is 0.461 e. The van der Waals surface area contributed by atoms with Crippen LogP contribution >= 0.6 is 11.8 Å². The zero-order chi connectivity index (χ0) is 11.1. The minimum Gasteiger partial charge on any atom is -0.461 e. The Hall–Kier alpha value is -1.48. The Bertz CT molecular complexity index is 327. The van der Waals surface area contributed by atoms with Crippen molar-refractivity contribution in [2.75, 3.05) is 17.6 Å². The molecule has 0 amide bonds. The minimum absolute atomic E-state index is 0.239. The average Bonchev–Trinajstić information content (AvgIpc) is 2.29. The van der Waals surface area contributed by atoms with Gasteiger partial charge in [0.1, 0.15) is 6.61 Å². The molecule has 1 aromatic carbocycles. The van der Waals surface area contributed by atoms with Crippen LogP contribution in [-0.2, 0) is 9.53 Å². The van der Waals surface area contributed by atoms with Crippen molar-refractivity contribution >= 4 is 23.4 Å². The number of anilines is 1. The molecule has 0 saturated heterocycles. The third-order valence-electron chi connectivity index (χ3n) is 1.73. The highest BCUT2D eigenvalue weighted by atomic mass is 35.5. The van der Waals surface area contributed by atoms with Crippen molar-refractivity contribution in [3.8, 4) is 0 Å². The van der Waals surface area contributed by atoms with E-state index in [2.05, 4.69) is 6.58 Å². The van der Waals surface area contributed by atoms with E-state index < -0.39 is 5.97 Å². The molecule has 3 nitrogen and oxygen atoms in total. The molecule has 0 bridgehead atoms. The Kier molecular flexibility index (Phi) is 4.71. The van der Waals surface area contributed by atoms with Gasteiger partial charge < -0.3 is 4.74 Å². The molecule has 0 atom stereocenters. The van der Waals surface area contributed by atoms with Crippen molar-refractivity contribution < 1.29 is 9.53 Å². The van der Waals surface area contributed by atoms with Crippen LogP contribution in [0.5, 0.6) is 0 Å². The van der Waals surface area contributed by atoms with Crippen LogP contribution in [0, 0.1) is 0 Å². The van der Waals surface area contributed by atoms with Crippen LogP contribution < -0.4 is 4.42 Å². The Balaban J connectivity index is 2.34. The van der Waals surface area contributed by atoms with Crippen molar-refractivity contribution in [2.24, 2.45) is 0 Å². The van der Waals surface area contributed by atoms with Gasteiger partial charge in [0.05, 0.1) is 12.2 Å². The number of benzene rings is 1. The number of halogens is 1. The van der Waals surface area contributed by atoms with E-state index >= 15 is 0 Å². The Labute approximate surface area is 94.0 Å². The summed E-state index contributed by atoms with van der Waals surface area (Å²) in [5.41, 5.74) is 0.869. The van der Waals surface area contributed by atoms with E-state index in [1.807, 2.05) is 30.3 Å². The minimum atomic E-state index is -0.437. The molecule has 0 fully saturated rings. The molecule has 0 spiro atoms. The first-order valence-electron chi connectivity index (χ1n) is 4.51. The highest BCUT2D eigenvalue weighted by Crippen LogP contribution is 2.14. The van der Waals surface area contributed by atoms with E-state index in [1.54, 1.807) is 0 Å². The van der Waals surface area contributed by atoms with Gasteiger partial charge in [0.15, 0.2) is 0 Å². The number of nitrogens with zero attached hydrogens (tertiary/aromatic N) is 1. The molecule has 0 radical (unpaired) electrons. The molecule has 4 heteroatoms. The predicted octanol–water partition coefficient (Wildman–Crippen LogP) is 2.38. The fourth-order valence-electron chi connectivity index (χ4n) is 1.00. The maximum atomic E-state index is 10.7. The first-order valence-corrected chi connectivity index (χ1v) is 4.85. The summed E-state index contributed by atoms with van der Waals surface area (Å²) in [4.78, 5) is 10.7. The molecule has 0 N–H and O–H groups in total. The molecule has 0 aliphatic heterocycles. The highest BCUT2D eigenvalue weighted by Gasteiger charge is 2.03. The van der Waals surface area contributed by atoms with Crippen molar-refractivity contribution in [1.29, 1.82) is 0 Å². The number of para-hydroxylation sites is 1. The SMILES string of the molecule is C=CC(=O)OCCN(Cl)c1ccccc1. The fraction of sp³-hybridized carbons (Fsp3) is 0.182. The molecule has 1 rings (SSSR count). The number of hydrogen-bond acceptors (Lipinski definition) is 3. The summed E-state index contributed by atoms with van der Waals surface area (Å²) < 4.78 is 6.30. The summed E-state index contributed by atoms with van der Waals surface area (Å²) in [6.45, 7) is 3.97. The third kappa shape index (κ3) is 4.04. The van der Waals surface area contributed by atoms with Gasteiger partial charge >= 0.3 is 5.97 Å². The van der Waals surface area contributed by atoms with Gasteiger partial charge in [-0.1, -0.05) is 24.8 Å². The molecule has 0 saturated carbocycles. The highest BCUT2D eigenvalue weighted by molar-refractivity contribution is 6.25. The van der Waals surface area contributed by atoms with Gasteiger partial charge in [-0.2, -0.15) is 0 Å². The van der Waals surface area contributed by atoms with Gasteiger partial charge in [-0.25, -0.2) is 4.79 Å². The zero-order valence-corrected chi connectivity index (χ0v) is 8.98. The smallest absolute Gasteiger partial charge is 0.330 e. The van der Waals surface area contributed by atoms with Crippen LogP contribution in [0.4, 0.5) is 5.69 Å². The van der Waals surface area contributed by atoms with Gasteiger partial charge in [0.25, 0.3) is 0 Å². The van der Waals surface area contributed by atoms with E-state index in [4.69, 9.17) is 16.5 Å². The summed E-state index contributed by atoms with van der Waals surface area (Å²) in [6.07, 6.45) is 1.13. The van der Waals surface area contributed by atoms with Crippen LogP contribution in [-0.4, -0.2) is 19.1 Å². The van der Waals surface area contributed by atoms with E-state index in [9.17, 15) is 4.79 Å². The normalized spacial score (nSPS) is 9.40. The third-order valence-corrected chi connectivity index (χ3v) is 2.10. The summed E-state index contributed by atoms with van der Waals surface area (Å²) in [7, 11) is 0. The van der Waals surface area contributed by atoms with E-state index in [0.29, 0.717) is 6.54 Å². The van der Waals surface area contributed by atoms with Crippen molar-refractivity contribution in [1.82, 2.24) is 0 Å². The van der Waals surface area contributed by atoms with Crippen LogP contribution in [0.3, 0.4) is 0 Å². The van der Waals surface area contributed by atoms with Crippen molar-refractivity contribution in [3.63, 3.8) is 0 Å². The lowest BCUT2D eigenvalue weighted by atomic mass is 10.3. The predicted molar refractivity (Wildman–Crippen MR) is 60.8 cm³/mol. The Morgan fingerprint density at radius 3 is 2.73 bits per heavy atom. The van der Waals surface area contributed by atoms with Crippen LogP contribution in [0.1, 0.15) is 0 Å². The van der Waals surface area contributed by atoms with E-state index in [0.717, 1.165) is 11.8 Å². The van der Waals surface area contributed by atoms with E-state index in [1.165, 1.54) is 4.42 Å². The summed E-state index contributed by atoms with van der Waals surface area (Å²) in [6, 6.07) is 9.44. The number of ether oxygens (including phenoxy) is 1. The van der Waals surface area contributed by atoms with Crippen LogP contribution in [0.15, 0.2) is 43.0 Å². The number of esters is 1. The quantitative estimate of drug-likeness (QED) is 0.438. The molecular weight excluding hydrogens is 214 g/mol. The fourth-order valence-corrected chi connectivity index (χ4v) is 1.19. The maximum Gasteiger partial charge on any atom is 0.330 e. The summed E-state index contributed by atoms with van der Waals surface area (Å²) in [5, 5.41) is 0. The Morgan fingerprint density at radius 2 is 2.13 bits per heavy atom. The molecular formula is C11H12ClNO2. The van der Waals surface area contributed by atoms with Gasteiger partial charge in [-0.05, 0) is 12.1 Å². The Morgan fingerprint density at radius 1 is 1.47 bits per heavy atom. The zero-order valence-electron chi connectivity index (χ0n) is 8.23. The first-order chi connectivity index (χ1) is 7.24. The topological polar surface area (TPSA) is 29.5 Å². The molecule has 0 unspecified atom stereocenters. The van der Waals surface area contributed by atoms with Gasteiger partial charge in [-0.3, -0.25) is 4.42 Å². The van der Waals surface area contributed by atoms with Gasteiger partial charge in [0, 0.05) is 17.9 Å². The number of carbonyl (C=O) groups excluding carboxylic acids is 1. The molecule has 80 valence electrons. The first kappa shape index (κ1) is 11.6. The van der Waals surface area contributed by atoms with Gasteiger partial charge in [-0.15, -0.1) is 0 Å². The average molecular weight is 226 g/mol. The summed E-state index contributed by atoms with van der Waals surface area (Å²) >= 11 is 5.95. The number of carbonyl (C=O) groups is 1. The standard InChI is InChI=1S/C11H12ClNO2/c1-2-11(14)15-9-8-13(12)10-6-4-3-5-7-10/h2-7H,1,8-9H2. The molecule has 0 aliphatic carbocycles. The van der Waals surface area contributed by atoms with E-state index in [-0.39, 0.29) is 6.61 Å². The van der Waals surface area contributed by atoms with Crippen molar-refractivity contribution in [3.05, 3.63) is 43.0 Å². The molecule has 15 heavy (non-hydrogen) atoms. The molecule has 0 aromatic heterocycles. The molecule has 0 heterocycles. The van der Waals surface area contributed by atoms with Gasteiger partial charge in [0.2, 0.25) is 0 Å². The lowest BCUT2D eigenvalue weighted by molar-refractivity contribution is -0.137. The maximum absolute atomic E-state index is 10.7. The second-order valence-electron chi connectivity index (χ2n) is 2.79.